The van der Waals surface area contributed by atoms with Crippen LogP contribution in [0.15, 0.2) is 0 Å². The molecule has 100 valence electrons. The molecular formula is C13H26N2O2. The third-order valence-corrected chi connectivity index (χ3v) is 3.97. The molecule has 3 atom stereocenters. The summed E-state index contributed by atoms with van der Waals surface area (Å²) in [5.74, 6) is 0.0242. The highest BCUT2D eigenvalue weighted by Crippen LogP contribution is 2.27. The minimum Gasteiger partial charge on any atom is -0.480 e. The van der Waals surface area contributed by atoms with Crippen LogP contribution in [0.3, 0.4) is 0 Å². The fraction of sp³-hybridized carbons (Fsp3) is 0.923. The minimum atomic E-state index is -0.694. The summed E-state index contributed by atoms with van der Waals surface area (Å²) in [5.41, 5.74) is 5.81. The van der Waals surface area contributed by atoms with Crippen molar-refractivity contribution in [2.24, 2.45) is 11.7 Å². The number of nitrogens with zero attached hydrogens (tertiary/aromatic N) is 1. The van der Waals surface area contributed by atoms with E-state index in [0.29, 0.717) is 6.54 Å². The Morgan fingerprint density at radius 1 is 1.53 bits per heavy atom. The monoisotopic (exact) mass is 242 g/mol. The number of hydrogen-bond donors (Lipinski definition) is 2. The van der Waals surface area contributed by atoms with E-state index in [2.05, 4.69) is 11.8 Å². The van der Waals surface area contributed by atoms with Gasteiger partial charge >= 0.3 is 5.97 Å². The molecule has 1 fully saturated rings. The van der Waals surface area contributed by atoms with Crippen LogP contribution >= 0.6 is 0 Å². The second kappa shape index (κ2) is 6.97. The lowest BCUT2D eigenvalue weighted by molar-refractivity contribution is -0.145. The highest BCUT2D eigenvalue weighted by Gasteiger charge is 2.34. The van der Waals surface area contributed by atoms with Gasteiger partial charge in [-0.05, 0) is 31.7 Å². The van der Waals surface area contributed by atoms with Crippen LogP contribution in [0.5, 0.6) is 0 Å². The van der Waals surface area contributed by atoms with Crippen LogP contribution in [0.4, 0.5) is 0 Å². The number of rotatable bonds is 6. The smallest absolute Gasteiger partial charge is 0.320 e. The topological polar surface area (TPSA) is 66.6 Å². The molecule has 1 saturated heterocycles. The molecule has 0 aromatic rings. The quantitative estimate of drug-likeness (QED) is 0.744. The summed E-state index contributed by atoms with van der Waals surface area (Å²) in [7, 11) is 0. The van der Waals surface area contributed by atoms with Gasteiger partial charge in [-0.3, -0.25) is 9.69 Å². The van der Waals surface area contributed by atoms with Crippen molar-refractivity contribution < 1.29 is 9.90 Å². The Morgan fingerprint density at radius 3 is 2.71 bits per heavy atom. The molecule has 0 aromatic heterocycles. The van der Waals surface area contributed by atoms with Crippen molar-refractivity contribution in [2.45, 2.75) is 58.0 Å². The van der Waals surface area contributed by atoms with Crippen LogP contribution in [0.1, 0.15) is 46.0 Å². The maximum absolute atomic E-state index is 11.3. The number of carboxylic acid groups (broad SMARTS) is 1. The van der Waals surface area contributed by atoms with E-state index >= 15 is 0 Å². The molecule has 4 heteroatoms. The largest absolute Gasteiger partial charge is 0.480 e. The zero-order valence-electron chi connectivity index (χ0n) is 11.1. The molecular weight excluding hydrogens is 216 g/mol. The Balaban J connectivity index is 2.69. The van der Waals surface area contributed by atoms with E-state index in [4.69, 9.17) is 5.73 Å². The van der Waals surface area contributed by atoms with Crippen LogP contribution in [0.2, 0.25) is 0 Å². The van der Waals surface area contributed by atoms with Gasteiger partial charge in [0.15, 0.2) is 0 Å². The second-order valence-corrected chi connectivity index (χ2v) is 5.07. The molecule has 1 heterocycles. The first kappa shape index (κ1) is 14.5. The summed E-state index contributed by atoms with van der Waals surface area (Å²) in [6.45, 7) is 5.70. The molecule has 1 rings (SSSR count). The molecule has 17 heavy (non-hydrogen) atoms. The van der Waals surface area contributed by atoms with Crippen molar-refractivity contribution >= 4 is 5.97 Å². The van der Waals surface area contributed by atoms with Crippen LogP contribution in [-0.2, 0) is 4.79 Å². The minimum absolute atomic E-state index is 0.251. The van der Waals surface area contributed by atoms with Crippen LogP contribution in [0, 0.1) is 5.92 Å². The predicted molar refractivity (Wildman–Crippen MR) is 68.9 cm³/mol. The summed E-state index contributed by atoms with van der Waals surface area (Å²) in [5, 5.41) is 9.31. The molecule has 0 spiro atoms. The van der Waals surface area contributed by atoms with Gasteiger partial charge in [0.25, 0.3) is 0 Å². The van der Waals surface area contributed by atoms with Gasteiger partial charge in [0.1, 0.15) is 6.04 Å². The number of likely N-dealkylation sites (tertiary alicyclic amines) is 1. The first-order valence-electron chi connectivity index (χ1n) is 6.82. The first-order valence-corrected chi connectivity index (χ1v) is 6.82. The summed E-state index contributed by atoms with van der Waals surface area (Å²) < 4.78 is 0. The average Bonchev–Trinajstić information content (AvgIpc) is 2.35. The van der Waals surface area contributed by atoms with Gasteiger partial charge in [0, 0.05) is 12.6 Å². The molecule has 0 aliphatic carbocycles. The number of hydrogen-bond acceptors (Lipinski definition) is 3. The van der Waals surface area contributed by atoms with E-state index in [1.54, 1.807) is 0 Å². The number of carbonyl (C=O) groups is 1. The fourth-order valence-corrected chi connectivity index (χ4v) is 2.87. The molecule has 4 nitrogen and oxygen atoms in total. The second-order valence-electron chi connectivity index (χ2n) is 5.07. The number of aliphatic carboxylic acids is 1. The van der Waals surface area contributed by atoms with E-state index < -0.39 is 5.97 Å². The highest BCUT2D eigenvalue weighted by atomic mass is 16.4. The van der Waals surface area contributed by atoms with Gasteiger partial charge in [-0.15, -0.1) is 0 Å². The lowest BCUT2D eigenvalue weighted by atomic mass is 9.87. The summed E-state index contributed by atoms with van der Waals surface area (Å²) in [4.78, 5) is 13.4. The zero-order valence-corrected chi connectivity index (χ0v) is 11.1. The Labute approximate surface area is 104 Å². The first-order chi connectivity index (χ1) is 8.13. The normalized spacial score (nSPS) is 27.9. The van der Waals surface area contributed by atoms with Crippen molar-refractivity contribution in [2.75, 3.05) is 13.1 Å². The molecule has 3 N–H and O–H groups in total. The van der Waals surface area contributed by atoms with E-state index in [1.807, 2.05) is 6.92 Å². The van der Waals surface area contributed by atoms with Crippen molar-refractivity contribution in [3.05, 3.63) is 0 Å². The summed E-state index contributed by atoms with van der Waals surface area (Å²) in [6, 6.07) is -0.0901. The summed E-state index contributed by atoms with van der Waals surface area (Å²) in [6.07, 6.45) is 4.97. The van der Waals surface area contributed by atoms with Gasteiger partial charge in [-0.1, -0.05) is 26.7 Å². The van der Waals surface area contributed by atoms with Crippen molar-refractivity contribution in [3.63, 3.8) is 0 Å². The van der Waals surface area contributed by atoms with E-state index in [9.17, 15) is 9.90 Å². The third kappa shape index (κ3) is 3.68. The fourth-order valence-electron chi connectivity index (χ4n) is 2.87. The van der Waals surface area contributed by atoms with Crippen LogP contribution < -0.4 is 5.73 Å². The standard InChI is InChI=1S/C13H26N2O2/c1-3-5-12(13(16)17)15-7-6-10(4-2)8-11(15)9-14/h10-12H,3-9,14H2,1-2H3,(H,16,17). The lowest BCUT2D eigenvalue weighted by Crippen LogP contribution is -2.54. The molecule has 0 bridgehead atoms. The predicted octanol–water partition coefficient (Wildman–Crippen LogP) is 1.69. The Bertz CT molecular complexity index is 246. The van der Waals surface area contributed by atoms with Crippen molar-refractivity contribution in [3.8, 4) is 0 Å². The van der Waals surface area contributed by atoms with Crippen molar-refractivity contribution in [1.29, 1.82) is 0 Å². The number of piperidine rings is 1. The van der Waals surface area contributed by atoms with Gasteiger partial charge in [0.2, 0.25) is 0 Å². The van der Waals surface area contributed by atoms with Gasteiger partial charge in [0.05, 0.1) is 0 Å². The van der Waals surface area contributed by atoms with Gasteiger partial charge in [-0.2, -0.15) is 0 Å². The Hall–Kier alpha value is -0.610. The maximum atomic E-state index is 11.3. The van der Waals surface area contributed by atoms with Gasteiger partial charge in [-0.25, -0.2) is 0 Å². The Kier molecular flexibility index (Phi) is 5.92. The maximum Gasteiger partial charge on any atom is 0.320 e. The van der Waals surface area contributed by atoms with Gasteiger partial charge < -0.3 is 10.8 Å². The average molecular weight is 242 g/mol. The Morgan fingerprint density at radius 2 is 2.24 bits per heavy atom. The molecule has 0 radical (unpaired) electrons. The third-order valence-electron chi connectivity index (χ3n) is 3.97. The number of carboxylic acids is 1. The van der Waals surface area contributed by atoms with E-state index in [-0.39, 0.29) is 12.1 Å². The molecule has 1 aliphatic heterocycles. The SMILES string of the molecule is CCCC(C(=O)O)N1CCC(CC)CC1CN. The molecule has 3 unspecified atom stereocenters. The molecule has 0 aromatic carbocycles. The van der Waals surface area contributed by atoms with Crippen LogP contribution in [-0.4, -0.2) is 41.1 Å². The van der Waals surface area contributed by atoms with E-state index in [0.717, 1.165) is 38.1 Å². The molecule has 1 aliphatic rings. The van der Waals surface area contributed by atoms with E-state index in [1.165, 1.54) is 6.42 Å². The molecule has 0 saturated carbocycles. The van der Waals surface area contributed by atoms with Crippen LogP contribution in [0.25, 0.3) is 0 Å². The molecule has 0 amide bonds. The number of nitrogens with two attached hydrogens (primary N) is 1. The highest BCUT2D eigenvalue weighted by molar-refractivity contribution is 5.73. The zero-order chi connectivity index (χ0) is 12.8. The lowest BCUT2D eigenvalue weighted by Gasteiger charge is -2.42. The summed E-state index contributed by atoms with van der Waals surface area (Å²) >= 11 is 0. The van der Waals surface area contributed by atoms with Crippen molar-refractivity contribution in [1.82, 2.24) is 4.90 Å².